The Hall–Kier alpha value is -2.41. The molecule has 0 saturated heterocycles. The van der Waals surface area contributed by atoms with E-state index in [4.69, 9.17) is 21.1 Å². The van der Waals surface area contributed by atoms with Crippen LogP contribution in [-0.4, -0.2) is 42.9 Å². The second-order valence-corrected chi connectivity index (χ2v) is 7.61. The first-order valence-electron chi connectivity index (χ1n) is 8.65. The lowest BCUT2D eigenvalue weighted by Crippen LogP contribution is -2.25. The highest BCUT2D eigenvalue weighted by atomic mass is 35.5. The molecule has 0 atom stereocenters. The van der Waals surface area contributed by atoms with Gasteiger partial charge >= 0.3 is 0 Å². The molecule has 28 heavy (non-hydrogen) atoms. The van der Waals surface area contributed by atoms with Gasteiger partial charge in [0, 0.05) is 17.1 Å². The van der Waals surface area contributed by atoms with E-state index in [1.807, 2.05) is 42.3 Å². The monoisotopic (exact) mass is 416 g/mol. The van der Waals surface area contributed by atoms with Crippen LogP contribution in [0.15, 0.2) is 48.5 Å². The zero-order chi connectivity index (χ0) is 20.1. The van der Waals surface area contributed by atoms with E-state index in [1.54, 1.807) is 32.4 Å². The van der Waals surface area contributed by atoms with Crippen LogP contribution in [0.1, 0.15) is 15.2 Å². The molecule has 0 saturated carbocycles. The maximum absolute atomic E-state index is 12.7. The number of rotatable bonds is 8. The lowest BCUT2D eigenvalue weighted by Gasteiger charge is -2.15. The highest BCUT2D eigenvalue weighted by Crippen LogP contribution is 2.33. The van der Waals surface area contributed by atoms with Crippen LogP contribution in [0.2, 0.25) is 5.02 Å². The normalized spacial score (nSPS) is 10.9. The van der Waals surface area contributed by atoms with Crippen LogP contribution in [0.4, 0.5) is 0 Å². The Balaban J connectivity index is 1.66. The van der Waals surface area contributed by atoms with Crippen LogP contribution in [-0.2, 0) is 6.54 Å². The molecule has 0 unspecified atom stereocenters. The van der Waals surface area contributed by atoms with Gasteiger partial charge in [-0.1, -0.05) is 23.7 Å². The minimum atomic E-state index is 0.0349. The van der Waals surface area contributed by atoms with Gasteiger partial charge in [0.2, 0.25) is 0 Å². The van der Waals surface area contributed by atoms with Gasteiger partial charge in [-0.25, -0.2) is 0 Å². The second-order valence-electron chi connectivity index (χ2n) is 6.36. The second kappa shape index (κ2) is 9.19. The average molecular weight is 417 g/mol. The van der Waals surface area contributed by atoms with Crippen LogP contribution >= 0.6 is 23.1 Å². The van der Waals surface area contributed by atoms with Crippen molar-refractivity contribution in [3.05, 3.63) is 64.0 Å². The summed E-state index contributed by atoms with van der Waals surface area (Å²) in [6.45, 7) is 0.984. The first-order valence-corrected chi connectivity index (χ1v) is 9.80. The molecule has 0 N–H and O–H groups in total. The molecule has 2 aromatic carbocycles. The molecule has 0 aliphatic carbocycles. The average Bonchev–Trinajstić information content (AvgIpc) is 3.18. The summed E-state index contributed by atoms with van der Waals surface area (Å²) < 4.78 is 15.0. The number of carbonyl (C=O) groups excluding carboxylic acids is 1. The first kappa shape index (κ1) is 20.3. The van der Waals surface area contributed by atoms with Crippen molar-refractivity contribution in [3.8, 4) is 22.8 Å². The van der Waals surface area contributed by atoms with Crippen molar-refractivity contribution < 1.29 is 14.3 Å². The number of nitrogens with zero attached hydrogens (tertiary/aromatic N) is 2. The van der Waals surface area contributed by atoms with Crippen LogP contribution in [0.3, 0.4) is 0 Å². The van der Waals surface area contributed by atoms with E-state index in [2.05, 4.69) is 4.37 Å². The van der Waals surface area contributed by atoms with Crippen LogP contribution in [0.5, 0.6) is 11.5 Å². The van der Waals surface area contributed by atoms with Crippen molar-refractivity contribution in [2.45, 2.75) is 6.54 Å². The molecule has 3 rings (SSSR count). The summed E-state index contributed by atoms with van der Waals surface area (Å²) in [6.07, 6.45) is 0. The molecule has 0 radical (unpaired) electrons. The summed E-state index contributed by atoms with van der Waals surface area (Å²) >= 11 is 7.21. The molecule has 0 aliphatic heterocycles. The minimum Gasteiger partial charge on any atom is -0.497 e. The highest BCUT2D eigenvalue weighted by molar-refractivity contribution is 7.08. The fraction of sp³-hybridized carbons (Fsp3) is 0.238. The van der Waals surface area contributed by atoms with Gasteiger partial charge in [-0.15, -0.1) is 0 Å². The quantitative estimate of drug-likeness (QED) is 0.494. The van der Waals surface area contributed by atoms with Gasteiger partial charge in [-0.2, -0.15) is 4.37 Å². The predicted molar refractivity (Wildman–Crippen MR) is 113 cm³/mol. The van der Waals surface area contributed by atoms with Crippen molar-refractivity contribution in [2.75, 3.05) is 27.8 Å². The third kappa shape index (κ3) is 4.90. The number of aromatic nitrogens is 1. The SMILES string of the molecule is COc1ccc(CN(C)CC(=O)c2cc(-c3ccc(Cl)cc3OC)ns2)cc1. The number of Topliss-reactive ketones (excluding diaryl/α,β-unsaturated/α-hetero) is 1. The number of ether oxygens (including phenoxy) is 2. The van der Waals surface area contributed by atoms with Crippen molar-refractivity contribution in [1.82, 2.24) is 9.27 Å². The van der Waals surface area contributed by atoms with Crippen LogP contribution < -0.4 is 9.47 Å². The number of methoxy groups -OCH3 is 2. The summed E-state index contributed by atoms with van der Waals surface area (Å²) in [5.74, 6) is 1.48. The summed E-state index contributed by atoms with van der Waals surface area (Å²) in [5, 5.41) is 0.590. The molecular weight excluding hydrogens is 396 g/mol. The Morgan fingerprint density at radius 2 is 1.86 bits per heavy atom. The third-order valence-corrected chi connectivity index (χ3v) is 5.31. The van der Waals surface area contributed by atoms with Crippen molar-refractivity contribution in [2.24, 2.45) is 0 Å². The largest absolute Gasteiger partial charge is 0.497 e. The number of halogens is 1. The maximum atomic E-state index is 12.7. The third-order valence-electron chi connectivity index (χ3n) is 4.25. The van der Waals surface area contributed by atoms with Gasteiger partial charge in [-0.3, -0.25) is 9.69 Å². The number of benzene rings is 2. The summed E-state index contributed by atoms with van der Waals surface area (Å²) in [6, 6.07) is 15.0. The number of likely N-dealkylation sites (N-methyl/N-ethyl adjacent to an activating group) is 1. The first-order chi connectivity index (χ1) is 13.5. The van der Waals surface area contributed by atoms with Crippen molar-refractivity contribution >= 4 is 28.9 Å². The lowest BCUT2D eigenvalue weighted by molar-refractivity contribution is 0.0947. The molecule has 1 heterocycles. The fourth-order valence-electron chi connectivity index (χ4n) is 2.83. The predicted octanol–water partition coefficient (Wildman–Crippen LogP) is 4.80. The number of ketones is 1. The molecule has 146 valence electrons. The summed E-state index contributed by atoms with van der Waals surface area (Å²) in [7, 11) is 5.15. The molecular formula is C21H21ClN2O3S. The topological polar surface area (TPSA) is 51.7 Å². The fourth-order valence-corrected chi connectivity index (χ4v) is 3.67. The summed E-state index contributed by atoms with van der Waals surface area (Å²) in [5.41, 5.74) is 2.64. The zero-order valence-corrected chi connectivity index (χ0v) is 17.5. The van der Waals surface area contributed by atoms with Crippen molar-refractivity contribution in [1.29, 1.82) is 0 Å². The van der Waals surface area contributed by atoms with E-state index >= 15 is 0 Å². The molecule has 0 spiro atoms. The van der Waals surface area contributed by atoms with Gasteiger partial charge in [0.05, 0.1) is 31.3 Å². The minimum absolute atomic E-state index is 0.0349. The number of hydrogen-bond donors (Lipinski definition) is 0. The van der Waals surface area contributed by atoms with E-state index in [0.717, 1.165) is 16.9 Å². The Morgan fingerprint density at radius 3 is 2.54 bits per heavy atom. The Labute approximate surface area is 173 Å². The van der Waals surface area contributed by atoms with Crippen LogP contribution in [0, 0.1) is 0 Å². The van der Waals surface area contributed by atoms with Gasteiger partial charge < -0.3 is 9.47 Å². The molecule has 0 aliphatic rings. The van der Waals surface area contributed by atoms with E-state index < -0.39 is 0 Å². The molecule has 5 nitrogen and oxygen atoms in total. The molecule has 1 aromatic heterocycles. The Bertz CT molecular complexity index is 957. The Morgan fingerprint density at radius 1 is 1.11 bits per heavy atom. The molecule has 3 aromatic rings. The van der Waals surface area contributed by atoms with E-state index in [1.165, 1.54) is 11.5 Å². The van der Waals surface area contributed by atoms with Gasteiger partial charge in [0.25, 0.3) is 0 Å². The van der Waals surface area contributed by atoms with Gasteiger partial charge in [0.15, 0.2) is 5.78 Å². The number of carbonyl (C=O) groups is 1. The molecule has 7 heteroatoms. The Kier molecular flexibility index (Phi) is 6.67. The standard InChI is InChI=1S/C21H21ClN2O3S/c1-24(12-14-4-7-16(26-2)8-5-14)13-19(25)21-11-18(23-28-21)17-9-6-15(22)10-20(17)27-3/h4-11H,12-13H2,1-3H3. The zero-order valence-electron chi connectivity index (χ0n) is 15.9. The van der Waals surface area contributed by atoms with Crippen molar-refractivity contribution in [3.63, 3.8) is 0 Å². The van der Waals surface area contributed by atoms with E-state index in [9.17, 15) is 4.79 Å². The molecule has 0 bridgehead atoms. The maximum Gasteiger partial charge on any atom is 0.188 e. The van der Waals surface area contributed by atoms with Gasteiger partial charge in [-0.05, 0) is 60.5 Å². The smallest absolute Gasteiger partial charge is 0.188 e. The summed E-state index contributed by atoms with van der Waals surface area (Å²) in [4.78, 5) is 15.3. The molecule has 0 amide bonds. The van der Waals surface area contributed by atoms with E-state index in [0.29, 0.717) is 34.4 Å². The molecule has 0 fully saturated rings. The van der Waals surface area contributed by atoms with Gasteiger partial charge in [0.1, 0.15) is 11.5 Å². The number of hydrogen-bond acceptors (Lipinski definition) is 6. The van der Waals surface area contributed by atoms with Crippen LogP contribution in [0.25, 0.3) is 11.3 Å². The highest BCUT2D eigenvalue weighted by Gasteiger charge is 2.16. The lowest BCUT2D eigenvalue weighted by atomic mass is 10.1. The van der Waals surface area contributed by atoms with E-state index in [-0.39, 0.29) is 5.78 Å².